The summed E-state index contributed by atoms with van der Waals surface area (Å²) in [4.78, 5) is 6.79. The number of nitrogens with zero attached hydrogens (tertiary/aromatic N) is 2. The van der Waals surface area contributed by atoms with Crippen LogP contribution in [0.1, 0.15) is 45.7 Å². The van der Waals surface area contributed by atoms with Gasteiger partial charge in [0.15, 0.2) is 0 Å². The lowest BCUT2D eigenvalue weighted by molar-refractivity contribution is 0.472. The molecule has 0 saturated heterocycles. The summed E-state index contributed by atoms with van der Waals surface area (Å²) in [5.41, 5.74) is 8.91. The predicted molar refractivity (Wildman–Crippen MR) is 81.2 cm³/mol. The van der Waals surface area contributed by atoms with E-state index in [1.54, 1.807) is 5.57 Å². The highest BCUT2D eigenvalue weighted by Gasteiger charge is 2.21. The smallest absolute Gasteiger partial charge is 0.129 e. The zero-order valence-corrected chi connectivity index (χ0v) is 12.5. The highest BCUT2D eigenvalue weighted by molar-refractivity contribution is 5.44. The van der Waals surface area contributed by atoms with Gasteiger partial charge in [-0.3, -0.25) is 0 Å². The van der Waals surface area contributed by atoms with Crippen molar-refractivity contribution < 1.29 is 0 Å². The fraction of sp³-hybridized carbons (Fsp3) is 0.562. The molecule has 0 aliphatic carbocycles. The molecule has 2 N–H and O–H groups in total. The molecule has 19 heavy (non-hydrogen) atoms. The Morgan fingerprint density at radius 2 is 2.11 bits per heavy atom. The Hall–Kier alpha value is -1.35. The average Bonchev–Trinajstić information content (AvgIpc) is 2.38. The molecular weight excluding hydrogens is 234 g/mol. The summed E-state index contributed by atoms with van der Waals surface area (Å²) in [6.07, 6.45) is 5.33. The molecule has 3 nitrogen and oxygen atoms in total. The van der Waals surface area contributed by atoms with Crippen molar-refractivity contribution in [1.82, 2.24) is 4.98 Å². The van der Waals surface area contributed by atoms with Gasteiger partial charge in [-0.2, -0.15) is 0 Å². The lowest BCUT2D eigenvalue weighted by atomic mass is 9.83. The van der Waals surface area contributed by atoms with E-state index in [4.69, 9.17) is 5.73 Å². The number of anilines is 1. The van der Waals surface area contributed by atoms with E-state index in [0.29, 0.717) is 0 Å². The number of hydrogen-bond donors (Lipinski definition) is 1. The molecule has 1 aromatic heterocycles. The summed E-state index contributed by atoms with van der Waals surface area (Å²) in [5.74, 6) is 1.04. The summed E-state index contributed by atoms with van der Waals surface area (Å²) in [7, 11) is 0. The van der Waals surface area contributed by atoms with Crippen LogP contribution >= 0.6 is 0 Å². The third kappa shape index (κ3) is 3.35. The Labute approximate surface area is 116 Å². The molecule has 0 radical (unpaired) electrons. The van der Waals surface area contributed by atoms with Crippen LogP contribution in [0.15, 0.2) is 30.0 Å². The van der Waals surface area contributed by atoms with E-state index in [9.17, 15) is 0 Å². The molecule has 0 spiro atoms. The summed E-state index contributed by atoms with van der Waals surface area (Å²) in [5, 5.41) is 0. The van der Waals surface area contributed by atoms with Gasteiger partial charge < -0.3 is 10.6 Å². The number of pyridine rings is 1. The highest BCUT2D eigenvalue weighted by Crippen LogP contribution is 2.31. The second kappa shape index (κ2) is 5.33. The SMILES string of the molecule is C[C@@H](N)c1ccnc(N2CC=C(C(C)(C)C)CC2)c1. The van der Waals surface area contributed by atoms with Gasteiger partial charge in [0.2, 0.25) is 0 Å². The minimum absolute atomic E-state index is 0.0622. The average molecular weight is 259 g/mol. The van der Waals surface area contributed by atoms with Crippen molar-refractivity contribution in [3.05, 3.63) is 35.5 Å². The third-order valence-electron chi connectivity index (χ3n) is 3.79. The summed E-state index contributed by atoms with van der Waals surface area (Å²) in [6, 6.07) is 4.17. The molecule has 0 saturated carbocycles. The van der Waals surface area contributed by atoms with Crippen molar-refractivity contribution in [2.45, 2.75) is 40.2 Å². The lowest BCUT2D eigenvalue weighted by Gasteiger charge is -2.33. The van der Waals surface area contributed by atoms with Crippen LogP contribution in [0, 0.1) is 5.41 Å². The van der Waals surface area contributed by atoms with E-state index in [1.165, 1.54) is 0 Å². The van der Waals surface area contributed by atoms with Gasteiger partial charge in [0.05, 0.1) is 0 Å². The Morgan fingerprint density at radius 3 is 2.63 bits per heavy atom. The molecule has 104 valence electrons. The van der Waals surface area contributed by atoms with Crippen molar-refractivity contribution in [1.29, 1.82) is 0 Å². The van der Waals surface area contributed by atoms with E-state index in [0.717, 1.165) is 30.9 Å². The first-order valence-electron chi connectivity index (χ1n) is 7.04. The van der Waals surface area contributed by atoms with Crippen molar-refractivity contribution in [2.75, 3.05) is 18.0 Å². The number of hydrogen-bond acceptors (Lipinski definition) is 3. The van der Waals surface area contributed by atoms with Crippen LogP contribution in [0.5, 0.6) is 0 Å². The van der Waals surface area contributed by atoms with Crippen molar-refractivity contribution >= 4 is 5.82 Å². The first-order valence-corrected chi connectivity index (χ1v) is 7.04. The van der Waals surface area contributed by atoms with Crippen LogP contribution in [0.25, 0.3) is 0 Å². The number of aromatic nitrogens is 1. The fourth-order valence-corrected chi connectivity index (χ4v) is 2.45. The first-order chi connectivity index (χ1) is 8.88. The standard InChI is InChI=1S/C16H25N3/c1-12(17)13-5-8-18-15(11-13)19-9-6-14(7-10-19)16(2,3)4/h5-6,8,11-12H,7,9-10,17H2,1-4H3/t12-/m1/s1. The largest absolute Gasteiger partial charge is 0.353 e. The molecule has 1 aliphatic heterocycles. The van der Waals surface area contributed by atoms with Crippen molar-refractivity contribution in [3.63, 3.8) is 0 Å². The highest BCUT2D eigenvalue weighted by atomic mass is 15.2. The molecule has 3 heteroatoms. The van der Waals surface area contributed by atoms with Crippen LogP contribution in [0.2, 0.25) is 0 Å². The second-order valence-corrected chi connectivity index (χ2v) is 6.41. The van der Waals surface area contributed by atoms with E-state index in [-0.39, 0.29) is 11.5 Å². The Bertz CT molecular complexity index is 469. The van der Waals surface area contributed by atoms with Gasteiger partial charge in [-0.1, -0.05) is 32.4 Å². The van der Waals surface area contributed by atoms with Gasteiger partial charge in [-0.05, 0) is 36.5 Å². The lowest BCUT2D eigenvalue weighted by Crippen LogP contribution is -2.31. The summed E-state index contributed by atoms with van der Waals surface area (Å²) >= 11 is 0. The summed E-state index contributed by atoms with van der Waals surface area (Å²) in [6.45, 7) is 10.8. The van der Waals surface area contributed by atoms with Gasteiger partial charge >= 0.3 is 0 Å². The van der Waals surface area contributed by atoms with E-state index < -0.39 is 0 Å². The molecule has 2 heterocycles. The minimum atomic E-state index is 0.0622. The van der Waals surface area contributed by atoms with Crippen LogP contribution in [0.3, 0.4) is 0 Å². The third-order valence-corrected chi connectivity index (χ3v) is 3.79. The van der Waals surface area contributed by atoms with E-state index in [1.807, 2.05) is 19.2 Å². The van der Waals surface area contributed by atoms with Crippen LogP contribution < -0.4 is 10.6 Å². The number of rotatable bonds is 2. The molecule has 1 aromatic rings. The number of nitrogens with two attached hydrogens (primary N) is 1. The van der Waals surface area contributed by atoms with Gasteiger partial charge in [0.25, 0.3) is 0 Å². The quantitative estimate of drug-likeness (QED) is 0.829. The monoisotopic (exact) mass is 259 g/mol. The normalized spacial score (nSPS) is 18.2. The van der Waals surface area contributed by atoms with Crippen LogP contribution in [-0.2, 0) is 0 Å². The Balaban J connectivity index is 2.14. The topological polar surface area (TPSA) is 42.1 Å². The molecular formula is C16H25N3. The fourth-order valence-electron chi connectivity index (χ4n) is 2.45. The predicted octanol–water partition coefficient (Wildman–Crippen LogP) is 3.28. The Kier molecular flexibility index (Phi) is 3.95. The first kappa shape index (κ1) is 14.1. The van der Waals surface area contributed by atoms with Gasteiger partial charge in [-0.15, -0.1) is 0 Å². The molecule has 0 aromatic carbocycles. The maximum absolute atomic E-state index is 5.93. The summed E-state index contributed by atoms with van der Waals surface area (Å²) < 4.78 is 0. The molecule has 0 amide bonds. The van der Waals surface area contributed by atoms with E-state index in [2.05, 4.69) is 42.8 Å². The van der Waals surface area contributed by atoms with Crippen molar-refractivity contribution in [3.8, 4) is 0 Å². The molecule has 0 fully saturated rings. The van der Waals surface area contributed by atoms with Gasteiger partial charge in [0, 0.05) is 25.3 Å². The Morgan fingerprint density at radius 1 is 1.37 bits per heavy atom. The molecule has 1 atom stereocenters. The van der Waals surface area contributed by atoms with Gasteiger partial charge in [0.1, 0.15) is 5.82 Å². The molecule has 0 unspecified atom stereocenters. The van der Waals surface area contributed by atoms with Crippen LogP contribution in [0.4, 0.5) is 5.82 Å². The van der Waals surface area contributed by atoms with Gasteiger partial charge in [-0.25, -0.2) is 4.98 Å². The van der Waals surface area contributed by atoms with Crippen LogP contribution in [-0.4, -0.2) is 18.1 Å². The van der Waals surface area contributed by atoms with E-state index >= 15 is 0 Å². The minimum Gasteiger partial charge on any atom is -0.353 e. The molecule has 1 aliphatic rings. The maximum atomic E-state index is 5.93. The molecule has 0 bridgehead atoms. The molecule has 2 rings (SSSR count). The maximum Gasteiger partial charge on any atom is 0.129 e. The van der Waals surface area contributed by atoms with Crippen molar-refractivity contribution in [2.24, 2.45) is 11.1 Å². The second-order valence-electron chi connectivity index (χ2n) is 6.41. The zero-order valence-electron chi connectivity index (χ0n) is 12.5. The zero-order chi connectivity index (χ0) is 14.0.